The summed E-state index contributed by atoms with van der Waals surface area (Å²) >= 11 is 0. The Labute approximate surface area is 121 Å². The van der Waals surface area contributed by atoms with Crippen LogP contribution in [0.1, 0.15) is 51.0 Å². The molecule has 20 heavy (non-hydrogen) atoms. The molecule has 1 aliphatic carbocycles. The summed E-state index contributed by atoms with van der Waals surface area (Å²) in [6, 6.07) is 8.23. The van der Waals surface area contributed by atoms with E-state index < -0.39 is 0 Å². The summed E-state index contributed by atoms with van der Waals surface area (Å²) in [6.07, 6.45) is 7.83. The predicted octanol–water partition coefficient (Wildman–Crippen LogP) is 3.49. The van der Waals surface area contributed by atoms with Crippen molar-refractivity contribution < 1.29 is 4.79 Å². The van der Waals surface area contributed by atoms with Gasteiger partial charge in [-0.05, 0) is 43.4 Å². The number of amides is 1. The quantitative estimate of drug-likeness (QED) is 0.748. The Balaban J connectivity index is 1.88. The van der Waals surface area contributed by atoms with Crippen molar-refractivity contribution in [3.8, 4) is 0 Å². The molecule has 0 aliphatic heterocycles. The number of carbonyl (C=O) groups is 1. The van der Waals surface area contributed by atoms with E-state index in [0.29, 0.717) is 6.54 Å². The van der Waals surface area contributed by atoms with Crippen molar-refractivity contribution >= 4 is 11.6 Å². The van der Waals surface area contributed by atoms with Crippen molar-refractivity contribution in [2.24, 2.45) is 11.1 Å². The van der Waals surface area contributed by atoms with E-state index in [2.05, 4.69) is 24.4 Å². The molecule has 1 saturated carbocycles. The van der Waals surface area contributed by atoms with Crippen LogP contribution in [0.5, 0.6) is 0 Å². The van der Waals surface area contributed by atoms with Crippen molar-refractivity contribution in [2.45, 2.75) is 51.9 Å². The molecule has 3 N–H and O–H groups in total. The van der Waals surface area contributed by atoms with Crippen LogP contribution in [0.2, 0.25) is 0 Å². The van der Waals surface area contributed by atoms with Crippen LogP contribution < -0.4 is 11.1 Å². The van der Waals surface area contributed by atoms with Gasteiger partial charge in [-0.2, -0.15) is 0 Å². The second-order valence-corrected chi connectivity index (χ2v) is 5.95. The van der Waals surface area contributed by atoms with Crippen LogP contribution in [0, 0.1) is 5.41 Å². The number of nitrogens with two attached hydrogens (primary N) is 1. The van der Waals surface area contributed by atoms with Gasteiger partial charge in [0.25, 0.3) is 0 Å². The molecule has 1 amide bonds. The Hall–Kier alpha value is -1.35. The highest BCUT2D eigenvalue weighted by molar-refractivity contribution is 5.96. The molecule has 0 saturated heterocycles. The number of nitrogens with one attached hydrogen (secondary N) is 1. The van der Waals surface area contributed by atoms with E-state index >= 15 is 0 Å². The lowest BCUT2D eigenvalue weighted by atomic mass is 9.68. The maximum absolute atomic E-state index is 12.3. The first-order chi connectivity index (χ1) is 9.70. The van der Waals surface area contributed by atoms with E-state index in [1.54, 1.807) is 0 Å². The van der Waals surface area contributed by atoms with Gasteiger partial charge in [-0.1, -0.05) is 38.3 Å². The van der Waals surface area contributed by atoms with Gasteiger partial charge in [-0.3, -0.25) is 4.79 Å². The molecular weight excluding hydrogens is 248 g/mol. The molecule has 0 aromatic heterocycles. The highest BCUT2D eigenvalue weighted by Gasteiger charge is 2.42. The molecule has 0 atom stereocenters. The average Bonchev–Trinajstić information content (AvgIpc) is 2.40. The SMILES string of the molecule is CCCCCc1ccc(NC(=O)C2(CN)CCC2)cc1. The standard InChI is InChI=1S/C17H26N2O/c1-2-3-4-6-14-7-9-15(10-8-14)19-16(20)17(13-18)11-5-12-17/h7-10H,2-6,11-13,18H2,1H3,(H,19,20). The third-order valence-electron chi connectivity index (χ3n) is 4.46. The van der Waals surface area contributed by atoms with Crippen LogP contribution in [0.3, 0.4) is 0 Å². The predicted molar refractivity (Wildman–Crippen MR) is 83.6 cm³/mol. The first kappa shape index (κ1) is 15.0. The highest BCUT2D eigenvalue weighted by Crippen LogP contribution is 2.40. The third kappa shape index (κ3) is 3.40. The fourth-order valence-electron chi connectivity index (χ4n) is 2.72. The van der Waals surface area contributed by atoms with Gasteiger partial charge in [0.2, 0.25) is 5.91 Å². The molecule has 1 aromatic carbocycles. The van der Waals surface area contributed by atoms with Crippen molar-refractivity contribution in [3.63, 3.8) is 0 Å². The lowest BCUT2D eigenvalue weighted by Crippen LogP contribution is -2.47. The fourth-order valence-corrected chi connectivity index (χ4v) is 2.72. The molecule has 1 aromatic rings. The zero-order valence-corrected chi connectivity index (χ0v) is 12.5. The molecule has 1 fully saturated rings. The minimum absolute atomic E-state index is 0.0879. The molecule has 2 rings (SSSR count). The third-order valence-corrected chi connectivity index (χ3v) is 4.46. The number of aryl methyl sites for hydroxylation is 1. The summed E-state index contributed by atoms with van der Waals surface area (Å²) in [7, 11) is 0. The van der Waals surface area contributed by atoms with E-state index in [4.69, 9.17) is 5.73 Å². The first-order valence-corrected chi connectivity index (χ1v) is 7.81. The molecule has 0 unspecified atom stereocenters. The summed E-state index contributed by atoms with van der Waals surface area (Å²) in [5.74, 6) is 0.0879. The van der Waals surface area contributed by atoms with Gasteiger partial charge in [0, 0.05) is 12.2 Å². The van der Waals surface area contributed by atoms with Crippen LogP contribution in [0.4, 0.5) is 5.69 Å². The monoisotopic (exact) mass is 274 g/mol. The second kappa shape index (κ2) is 6.89. The van der Waals surface area contributed by atoms with Crippen LogP contribution in [0.25, 0.3) is 0 Å². The van der Waals surface area contributed by atoms with Crippen molar-refractivity contribution in [1.29, 1.82) is 0 Å². The number of hydrogen-bond donors (Lipinski definition) is 2. The average molecular weight is 274 g/mol. The maximum Gasteiger partial charge on any atom is 0.231 e. The molecule has 0 spiro atoms. The Morgan fingerprint density at radius 3 is 2.45 bits per heavy atom. The van der Waals surface area contributed by atoms with Crippen molar-refractivity contribution in [2.75, 3.05) is 11.9 Å². The molecule has 3 nitrogen and oxygen atoms in total. The van der Waals surface area contributed by atoms with Gasteiger partial charge in [-0.25, -0.2) is 0 Å². The summed E-state index contributed by atoms with van der Waals surface area (Å²) in [5.41, 5.74) is 7.67. The maximum atomic E-state index is 12.3. The zero-order chi connectivity index (χ0) is 14.4. The minimum atomic E-state index is -0.306. The molecular formula is C17H26N2O. The number of anilines is 1. The lowest BCUT2D eigenvalue weighted by Gasteiger charge is -2.39. The molecule has 1 aliphatic rings. The molecule has 0 radical (unpaired) electrons. The Kier molecular flexibility index (Phi) is 5.18. The zero-order valence-electron chi connectivity index (χ0n) is 12.5. The summed E-state index contributed by atoms with van der Waals surface area (Å²) < 4.78 is 0. The fraction of sp³-hybridized carbons (Fsp3) is 0.588. The molecule has 110 valence electrons. The van der Waals surface area contributed by atoms with Gasteiger partial charge in [0.1, 0.15) is 0 Å². The first-order valence-electron chi connectivity index (χ1n) is 7.81. The second-order valence-electron chi connectivity index (χ2n) is 5.95. The Bertz CT molecular complexity index is 429. The largest absolute Gasteiger partial charge is 0.329 e. The number of rotatable bonds is 7. The van der Waals surface area contributed by atoms with E-state index in [1.807, 2.05) is 12.1 Å². The highest BCUT2D eigenvalue weighted by atomic mass is 16.2. The van der Waals surface area contributed by atoms with E-state index in [1.165, 1.54) is 24.8 Å². The van der Waals surface area contributed by atoms with Crippen LogP contribution >= 0.6 is 0 Å². The summed E-state index contributed by atoms with van der Waals surface area (Å²) in [4.78, 5) is 12.3. The lowest BCUT2D eigenvalue weighted by molar-refractivity contribution is -0.129. The smallest absolute Gasteiger partial charge is 0.231 e. The van der Waals surface area contributed by atoms with E-state index in [-0.39, 0.29) is 11.3 Å². The number of unbranched alkanes of at least 4 members (excludes halogenated alkanes) is 2. The van der Waals surface area contributed by atoms with Crippen LogP contribution in [0.15, 0.2) is 24.3 Å². The summed E-state index contributed by atoms with van der Waals surface area (Å²) in [5, 5.41) is 3.01. The molecule has 0 heterocycles. The van der Waals surface area contributed by atoms with Crippen molar-refractivity contribution in [3.05, 3.63) is 29.8 Å². The normalized spacial score (nSPS) is 16.5. The molecule has 0 bridgehead atoms. The topological polar surface area (TPSA) is 55.1 Å². The van der Waals surface area contributed by atoms with E-state index in [9.17, 15) is 4.79 Å². The Morgan fingerprint density at radius 2 is 1.95 bits per heavy atom. The minimum Gasteiger partial charge on any atom is -0.329 e. The van der Waals surface area contributed by atoms with Crippen LogP contribution in [-0.2, 0) is 11.2 Å². The Morgan fingerprint density at radius 1 is 1.25 bits per heavy atom. The van der Waals surface area contributed by atoms with Crippen molar-refractivity contribution in [1.82, 2.24) is 0 Å². The molecule has 3 heteroatoms. The van der Waals surface area contributed by atoms with E-state index in [0.717, 1.165) is 31.4 Å². The van der Waals surface area contributed by atoms with Gasteiger partial charge >= 0.3 is 0 Å². The van der Waals surface area contributed by atoms with Crippen LogP contribution in [-0.4, -0.2) is 12.5 Å². The van der Waals surface area contributed by atoms with Gasteiger partial charge in [-0.15, -0.1) is 0 Å². The number of carbonyl (C=O) groups excluding carboxylic acids is 1. The van der Waals surface area contributed by atoms with Gasteiger partial charge in [0.15, 0.2) is 0 Å². The van der Waals surface area contributed by atoms with Gasteiger partial charge < -0.3 is 11.1 Å². The number of benzene rings is 1. The van der Waals surface area contributed by atoms with Gasteiger partial charge in [0.05, 0.1) is 5.41 Å². The summed E-state index contributed by atoms with van der Waals surface area (Å²) in [6.45, 7) is 2.67. The number of hydrogen-bond acceptors (Lipinski definition) is 2.